The van der Waals surface area contributed by atoms with Gasteiger partial charge in [-0.25, -0.2) is 0 Å². The Kier molecular flexibility index (Phi) is 2.68. The lowest BCUT2D eigenvalue weighted by atomic mass is 10.2. The van der Waals surface area contributed by atoms with E-state index < -0.39 is 12.8 Å². The molecule has 0 spiro atoms. The van der Waals surface area contributed by atoms with Gasteiger partial charge < -0.3 is 4.74 Å². The zero-order chi connectivity index (χ0) is 11.6. The summed E-state index contributed by atoms with van der Waals surface area (Å²) in [7, 11) is 0. The van der Waals surface area contributed by atoms with Crippen LogP contribution in [0.2, 0.25) is 0 Å². The van der Waals surface area contributed by atoms with Crippen molar-refractivity contribution in [3.05, 3.63) is 36.5 Å². The lowest BCUT2D eigenvalue weighted by molar-refractivity contribution is -0.153. The lowest BCUT2D eigenvalue weighted by Crippen LogP contribution is -2.19. The molecule has 2 rings (SSSR count). The number of alkyl halides is 3. The van der Waals surface area contributed by atoms with Crippen molar-refractivity contribution in [2.45, 2.75) is 6.18 Å². The summed E-state index contributed by atoms with van der Waals surface area (Å²) < 4.78 is 40.7. The van der Waals surface area contributed by atoms with E-state index in [9.17, 15) is 13.2 Å². The second-order valence-electron chi connectivity index (χ2n) is 3.23. The van der Waals surface area contributed by atoms with Crippen LogP contribution in [0, 0.1) is 0 Å². The van der Waals surface area contributed by atoms with Gasteiger partial charge in [0.25, 0.3) is 0 Å². The Bertz CT molecular complexity index is 491. The van der Waals surface area contributed by atoms with Crippen LogP contribution >= 0.6 is 0 Å². The van der Waals surface area contributed by atoms with Gasteiger partial charge in [-0.3, -0.25) is 4.98 Å². The van der Waals surface area contributed by atoms with Crippen LogP contribution in [0.25, 0.3) is 10.9 Å². The second-order valence-corrected chi connectivity index (χ2v) is 3.23. The first-order valence-corrected chi connectivity index (χ1v) is 4.59. The van der Waals surface area contributed by atoms with Gasteiger partial charge in [-0.2, -0.15) is 13.2 Å². The van der Waals surface area contributed by atoms with E-state index in [4.69, 9.17) is 4.74 Å². The van der Waals surface area contributed by atoms with Crippen molar-refractivity contribution in [3.8, 4) is 5.75 Å². The van der Waals surface area contributed by atoms with Crippen LogP contribution < -0.4 is 4.74 Å². The van der Waals surface area contributed by atoms with Crippen LogP contribution in [0.3, 0.4) is 0 Å². The fraction of sp³-hybridized carbons (Fsp3) is 0.182. The van der Waals surface area contributed by atoms with Crippen molar-refractivity contribution in [1.82, 2.24) is 4.98 Å². The number of halogens is 3. The molecule has 0 radical (unpaired) electrons. The number of benzene rings is 1. The number of nitrogens with zero attached hydrogens (tertiary/aromatic N) is 1. The molecule has 1 aromatic heterocycles. The average molecular weight is 227 g/mol. The molecule has 1 aromatic carbocycles. The molecule has 2 nitrogen and oxygen atoms in total. The highest BCUT2D eigenvalue weighted by Gasteiger charge is 2.28. The number of ether oxygens (including phenoxy) is 1. The van der Waals surface area contributed by atoms with Crippen molar-refractivity contribution >= 4 is 10.9 Å². The van der Waals surface area contributed by atoms with E-state index in [1.807, 2.05) is 0 Å². The summed E-state index contributed by atoms with van der Waals surface area (Å²) in [5.41, 5.74) is 0.613. The fourth-order valence-corrected chi connectivity index (χ4v) is 1.36. The normalized spacial score (nSPS) is 11.7. The molecular weight excluding hydrogens is 219 g/mol. The number of fused-ring (bicyclic) bond motifs is 1. The lowest BCUT2D eigenvalue weighted by Gasteiger charge is -2.10. The Morgan fingerprint density at radius 2 is 1.94 bits per heavy atom. The predicted molar refractivity (Wildman–Crippen MR) is 53.3 cm³/mol. The zero-order valence-corrected chi connectivity index (χ0v) is 8.16. The summed E-state index contributed by atoms with van der Waals surface area (Å²) in [4.78, 5) is 4.03. The molecule has 0 N–H and O–H groups in total. The number of rotatable bonds is 2. The van der Waals surface area contributed by atoms with Gasteiger partial charge in [-0.05, 0) is 24.3 Å². The molecule has 0 aliphatic rings. The van der Waals surface area contributed by atoms with E-state index in [-0.39, 0.29) is 5.75 Å². The highest BCUT2D eigenvalue weighted by molar-refractivity contribution is 5.84. The summed E-state index contributed by atoms with van der Waals surface area (Å²) in [6.45, 7) is -1.29. The number of pyridine rings is 1. The first-order chi connectivity index (χ1) is 7.56. The second kappa shape index (κ2) is 4.00. The minimum Gasteiger partial charge on any atom is -0.483 e. The molecule has 0 saturated heterocycles. The van der Waals surface area contributed by atoms with E-state index in [0.29, 0.717) is 10.9 Å². The van der Waals surface area contributed by atoms with Gasteiger partial charge in [-0.15, -0.1) is 0 Å². The van der Waals surface area contributed by atoms with Crippen LogP contribution in [-0.4, -0.2) is 17.8 Å². The highest BCUT2D eigenvalue weighted by atomic mass is 19.4. The van der Waals surface area contributed by atoms with Crippen molar-refractivity contribution in [3.63, 3.8) is 0 Å². The molecular formula is C11H8F3NO. The van der Waals surface area contributed by atoms with Crippen molar-refractivity contribution in [1.29, 1.82) is 0 Å². The molecule has 5 heteroatoms. The number of aromatic nitrogens is 1. The van der Waals surface area contributed by atoms with Crippen LogP contribution in [0.5, 0.6) is 5.75 Å². The minimum atomic E-state index is -4.33. The molecule has 84 valence electrons. The fourth-order valence-electron chi connectivity index (χ4n) is 1.36. The van der Waals surface area contributed by atoms with E-state index in [2.05, 4.69) is 4.98 Å². The smallest absolute Gasteiger partial charge is 0.422 e. The molecule has 0 atom stereocenters. The maximum Gasteiger partial charge on any atom is 0.422 e. The van der Waals surface area contributed by atoms with Crippen molar-refractivity contribution in [2.75, 3.05) is 6.61 Å². The van der Waals surface area contributed by atoms with Crippen LogP contribution in [0.1, 0.15) is 0 Å². The maximum atomic E-state index is 12.0. The SMILES string of the molecule is FC(F)(F)COc1cccc2ncccc12. The Hall–Kier alpha value is -1.78. The maximum absolute atomic E-state index is 12.0. The van der Waals surface area contributed by atoms with E-state index in [1.54, 1.807) is 30.5 Å². The van der Waals surface area contributed by atoms with Gasteiger partial charge in [0.1, 0.15) is 5.75 Å². The number of hydrogen-bond acceptors (Lipinski definition) is 2. The molecule has 0 saturated carbocycles. The van der Waals surface area contributed by atoms with Gasteiger partial charge in [0, 0.05) is 11.6 Å². The standard InChI is InChI=1S/C11H8F3NO/c12-11(13,14)7-16-10-5-1-4-9-8(10)3-2-6-15-9/h1-6H,7H2. The monoisotopic (exact) mass is 227 g/mol. The largest absolute Gasteiger partial charge is 0.483 e. The summed E-state index contributed by atoms with van der Waals surface area (Å²) in [6, 6.07) is 8.16. The summed E-state index contributed by atoms with van der Waals surface area (Å²) >= 11 is 0. The minimum absolute atomic E-state index is 0.197. The quantitative estimate of drug-likeness (QED) is 0.786. The molecule has 0 aliphatic carbocycles. The molecule has 1 heterocycles. The molecule has 0 aliphatic heterocycles. The first kappa shape index (κ1) is 10.7. The van der Waals surface area contributed by atoms with Crippen LogP contribution in [-0.2, 0) is 0 Å². The molecule has 0 bridgehead atoms. The summed E-state index contributed by atoms with van der Waals surface area (Å²) in [6.07, 6.45) is -2.75. The Morgan fingerprint density at radius 1 is 1.12 bits per heavy atom. The van der Waals surface area contributed by atoms with Crippen LogP contribution in [0.15, 0.2) is 36.5 Å². The third-order valence-corrected chi connectivity index (χ3v) is 2.00. The van der Waals surface area contributed by atoms with E-state index in [0.717, 1.165) is 0 Å². The van der Waals surface area contributed by atoms with Crippen molar-refractivity contribution < 1.29 is 17.9 Å². The molecule has 0 fully saturated rings. The highest BCUT2D eigenvalue weighted by Crippen LogP contribution is 2.25. The summed E-state index contributed by atoms with van der Waals surface area (Å²) in [5.74, 6) is 0.197. The molecule has 16 heavy (non-hydrogen) atoms. The van der Waals surface area contributed by atoms with Crippen LogP contribution in [0.4, 0.5) is 13.2 Å². The van der Waals surface area contributed by atoms with E-state index >= 15 is 0 Å². The Labute approximate surface area is 89.7 Å². The van der Waals surface area contributed by atoms with Gasteiger partial charge >= 0.3 is 6.18 Å². The zero-order valence-electron chi connectivity index (χ0n) is 8.16. The van der Waals surface area contributed by atoms with Crippen molar-refractivity contribution in [2.24, 2.45) is 0 Å². The number of hydrogen-bond donors (Lipinski definition) is 0. The average Bonchev–Trinajstić information content (AvgIpc) is 2.25. The Morgan fingerprint density at radius 3 is 2.69 bits per heavy atom. The topological polar surface area (TPSA) is 22.1 Å². The Balaban J connectivity index is 2.30. The van der Waals surface area contributed by atoms with Gasteiger partial charge in [0.15, 0.2) is 6.61 Å². The molecule has 0 unspecified atom stereocenters. The van der Waals surface area contributed by atoms with E-state index in [1.165, 1.54) is 6.07 Å². The predicted octanol–water partition coefficient (Wildman–Crippen LogP) is 3.18. The first-order valence-electron chi connectivity index (χ1n) is 4.59. The third-order valence-electron chi connectivity index (χ3n) is 2.00. The third kappa shape index (κ3) is 2.42. The van der Waals surface area contributed by atoms with Gasteiger partial charge in [0.05, 0.1) is 5.52 Å². The molecule has 2 aromatic rings. The van der Waals surface area contributed by atoms with Gasteiger partial charge in [0.2, 0.25) is 0 Å². The van der Waals surface area contributed by atoms with Gasteiger partial charge in [-0.1, -0.05) is 6.07 Å². The molecule has 0 amide bonds. The summed E-state index contributed by atoms with van der Waals surface area (Å²) in [5, 5.41) is 0.578.